The van der Waals surface area contributed by atoms with Crippen LogP contribution >= 0.6 is 0 Å². The highest BCUT2D eigenvalue weighted by molar-refractivity contribution is 6.02. The van der Waals surface area contributed by atoms with E-state index in [1.165, 1.54) is 6.08 Å². The molecule has 0 saturated heterocycles. The summed E-state index contributed by atoms with van der Waals surface area (Å²) in [6, 6.07) is 14.2. The lowest BCUT2D eigenvalue weighted by Gasteiger charge is -2.06. The van der Waals surface area contributed by atoms with Gasteiger partial charge in [0, 0.05) is 11.8 Å². The summed E-state index contributed by atoms with van der Waals surface area (Å²) < 4.78 is 10.6. The number of rotatable bonds is 10. The Hall–Kier alpha value is -3.08. The molecule has 0 atom stereocenters. The van der Waals surface area contributed by atoms with E-state index in [4.69, 9.17) is 9.47 Å². The number of hydrogen-bond donors (Lipinski definition) is 1. The van der Waals surface area contributed by atoms with E-state index in [0.29, 0.717) is 24.5 Å². The van der Waals surface area contributed by atoms with E-state index >= 15 is 0 Å². The van der Waals surface area contributed by atoms with Crippen LogP contribution in [0.4, 0.5) is 5.69 Å². The molecule has 0 unspecified atom stereocenters. The third kappa shape index (κ3) is 7.27. The highest BCUT2D eigenvalue weighted by Gasteiger charge is 2.07. The molecule has 28 heavy (non-hydrogen) atoms. The molecule has 0 saturated carbocycles. The molecular formula is C23H27NO4. The number of carbonyl (C=O) groups excluding carboxylic acids is 2. The number of ether oxygens (including phenoxy) is 2. The fraction of sp³-hybridized carbons (Fsp3) is 0.304. The predicted octanol–water partition coefficient (Wildman–Crippen LogP) is 5.08. The maximum atomic E-state index is 12.1. The molecule has 0 aliphatic rings. The summed E-state index contributed by atoms with van der Waals surface area (Å²) in [5, 5.41) is 2.77. The molecule has 0 bridgehead atoms. The van der Waals surface area contributed by atoms with Gasteiger partial charge >= 0.3 is 5.97 Å². The topological polar surface area (TPSA) is 64.6 Å². The van der Waals surface area contributed by atoms with Crippen LogP contribution in [0.15, 0.2) is 54.6 Å². The molecule has 0 aliphatic heterocycles. The summed E-state index contributed by atoms with van der Waals surface area (Å²) in [6.45, 7) is 5.08. The number of esters is 1. The third-order valence-corrected chi connectivity index (χ3v) is 3.99. The van der Waals surface area contributed by atoms with Crippen LogP contribution in [-0.4, -0.2) is 25.1 Å². The summed E-state index contributed by atoms with van der Waals surface area (Å²) in [5.41, 5.74) is 1.99. The van der Waals surface area contributed by atoms with Gasteiger partial charge in [-0.15, -0.1) is 0 Å². The number of anilines is 1. The average Bonchev–Trinajstić information content (AvgIpc) is 2.71. The van der Waals surface area contributed by atoms with E-state index in [1.54, 1.807) is 30.3 Å². The Kier molecular flexibility index (Phi) is 8.79. The van der Waals surface area contributed by atoms with Crippen LogP contribution in [0, 0.1) is 0 Å². The van der Waals surface area contributed by atoms with Gasteiger partial charge in [-0.05, 0) is 61.4 Å². The molecule has 148 valence electrons. The van der Waals surface area contributed by atoms with Crippen molar-refractivity contribution in [2.75, 3.05) is 18.5 Å². The van der Waals surface area contributed by atoms with Crippen LogP contribution in [0.25, 0.3) is 6.08 Å². The van der Waals surface area contributed by atoms with Gasteiger partial charge in [-0.3, -0.25) is 4.79 Å². The van der Waals surface area contributed by atoms with Crippen molar-refractivity contribution in [2.24, 2.45) is 0 Å². The van der Waals surface area contributed by atoms with Crippen LogP contribution in [0.5, 0.6) is 5.75 Å². The zero-order valence-corrected chi connectivity index (χ0v) is 16.4. The zero-order chi connectivity index (χ0) is 20.2. The second-order valence-electron chi connectivity index (χ2n) is 6.25. The van der Waals surface area contributed by atoms with Gasteiger partial charge in [0.1, 0.15) is 5.75 Å². The van der Waals surface area contributed by atoms with Crippen molar-refractivity contribution in [1.82, 2.24) is 0 Å². The molecule has 0 spiro atoms. The fourth-order valence-corrected chi connectivity index (χ4v) is 2.49. The molecule has 5 nitrogen and oxygen atoms in total. The van der Waals surface area contributed by atoms with Crippen LogP contribution in [0.1, 0.15) is 49.0 Å². The summed E-state index contributed by atoms with van der Waals surface area (Å²) >= 11 is 0. The van der Waals surface area contributed by atoms with E-state index in [9.17, 15) is 9.59 Å². The Bertz CT molecular complexity index is 779. The smallest absolute Gasteiger partial charge is 0.338 e. The molecule has 0 heterocycles. The Labute approximate surface area is 166 Å². The van der Waals surface area contributed by atoms with Crippen molar-refractivity contribution in [1.29, 1.82) is 0 Å². The highest BCUT2D eigenvalue weighted by atomic mass is 16.5. The second-order valence-corrected chi connectivity index (χ2v) is 6.25. The van der Waals surface area contributed by atoms with Gasteiger partial charge in [-0.1, -0.05) is 31.9 Å². The minimum absolute atomic E-state index is 0.247. The largest absolute Gasteiger partial charge is 0.494 e. The zero-order valence-electron chi connectivity index (χ0n) is 16.4. The van der Waals surface area contributed by atoms with Gasteiger partial charge in [-0.2, -0.15) is 0 Å². The van der Waals surface area contributed by atoms with Gasteiger partial charge in [0.2, 0.25) is 5.91 Å². The Balaban J connectivity index is 1.83. The molecule has 0 radical (unpaired) electrons. The lowest BCUT2D eigenvalue weighted by atomic mass is 10.2. The van der Waals surface area contributed by atoms with Gasteiger partial charge in [0.15, 0.2) is 0 Å². The normalized spacial score (nSPS) is 10.6. The summed E-state index contributed by atoms with van der Waals surface area (Å²) in [6.07, 6.45) is 6.19. The summed E-state index contributed by atoms with van der Waals surface area (Å²) in [5.74, 6) is 0.209. The Morgan fingerprint density at radius 3 is 2.32 bits per heavy atom. The first kappa shape index (κ1) is 21.2. The van der Waals surface area contributed by atoms with Crippen LogP contribution in [0.3, 0.4) is 0 Å². The first-order valence-corrected chi connectivity index (χ1v) is 9.61. The van der Waals surface area contributed by atoms with E-state index in [1.807, 2.05) is 31.2 Å². The van der Waals surface area contributed by atoms with Crippen molar-refractivity contribution >= 4 is 23.6 Å². The quantitative estimate of drug-likeness (QED) is 0.354. The average molecular weight is 381 g/mol. The number of amides is 1. The highest BCUT2D eigenvalue weighted by Crippen LogP contribution is 2.14. The molecule has 2 aromatic rings. The molecule has 1 amide bonds. The van der Waals surface area contributed by atoms with E-state index in [0.717, 1.165) is 30.6 Å². The number of nitrogens with one attached hydrogen (secondary N) is 1. The number of carbonyl (C=O) groups is 2. The first-order chi connectivity index (χ1) is 13.6. The van der Waals surface area contributed by atoms with Crippen molar-refractivity contribution in [3.63, 3.8) is 0 Å². The lowest BCUT2D eigenvalue weighted by molar-refractivity contribution is -0.111. The number of unbranched alkanes of at least 4 members (excludes halogenated alkanes) is 2. The van der Waals surface area contributed by atoms with E-state index in [-0.39, 0.29) is 11.9 Å². The number of hydrogen-bond acceptors (Lipinski definition) is 4. The van der Waals surface area contributed by atoms with Gasteiger partial charge < -0.3 is 14.8 Å². The molecule has 2 aromatic carbocycles. The van der Waals surface area contributed by atoms with E-state index < -0.39 is 0 Å². The lowest BCUT2D eigenvalue weighted by Crippen LogP contribution is -2.09. The molecule has 0 aromatic heterocycles. The predicted molar refractivity (Wildman–Crippen MR) is 112 cm³/mol. The van der Waals surface area contributed by atoms with Crippen molar-refractivity contribution in [3.05, 3.63) is 65.7 Å². The van der Waals surface area contributed by atoms with Crippen LogP contribution in [-0.2, 0) is 9.53 Å². The van der Waals surface area contributed by atoms with Crippen molar-refractivity contribution in [2.45, 2.75) is 33.1 Å². The van der Waals surface area contributed by atoms with Crippen molar-refractivity contribution < 1.29 is 19.1 Å². The first-order valence-electron chi connectivity index (χ1n) is 9.61. The third-order valence-electron chi connectivity index (χ3n) is 3.99. The fourth-order valence-electron chi connectivity index (χ4n) is 2.49. The summed E-state index contributed by atoms with van der Waals surface area (Å²) in [7, 11) is 0. The standard InChI is InChI=1S/C23H27NO4/c1-3-5-6-17-28-23(26)19-10-12-20(13-11-19)24-22(25)16-9-18-7-14-21(15-8-18)27-4-2/h7-16H,3-6,17H2,1-2H3,(H,24,25). The monoisotopic (exact) mass is 381 g/mol. The minimum Gasteiger partial charge on any atom is -0.494 e. The molecular weight excluding hydrogens is 354 g/mol. The van der Waals surface area contributed by atoms with Gasteiger partial charge in [0.25, 0.3) is 0 Å². The molecule has 0 aliphatic carbocycles. The Morgan fingerprint density at radius 2 is 1.68 bits per heavy atom. The molecule has 0 fully saturated rings. The minimum atomic E-state index is -0.343. The SMILES string of the molecule is CCCCCOC(=O)c1ccc(NC(=O)C=Cc2ccc(OCC)cc2)cc1. The van der Waals surface area contributed by atoms with E-state index in [2.05, 4.69) is 12.2 Å². The maximum Gasteiger partial charge on any atom is 0.338 e. The van der Waals surface area contributed by atoms with Gasteiger partial charge in [-0.25, -0.2) is 4.79 Å². The maximum absolute atomic E-state index is 12.1. The van der Waals surface area contributed by atoms with Crippen molar-refractivity contribution in [3.8, 4) is 5.75 Å². The van der Waals surface area contributed by atoms with Gasteiger partial charge in [0.05, 0.1) is 18.8 Å². The molecule has 1 N–H and O–H groups in total. The molecule has 2 rings (SSSR count). The Morgan fingerprint density at radius 1 is 0.964 bits per heavy atom. The van der Waals surface area contributed by atoms with Crippen LogP contribution in [0.2, 0.25) is 0 Å². The number of benzene rings is 2. The molecule has 5 heteroatoms. The summed E-state index contributed by atoms with van der Waals surface area (Å²) in [4.78, 5) is 24.0. The second kappa shape index (κ2) is 11.6. The van der Waals surface area contributed by atoms with Crippen LogP contribution < -0.4 is 10.1 Å².